The van der Waals surface area contributed by atoms with Gasteiger partial charge in [0.1, 0.15) is 5.65 Å². The highest BCUT2D eigenvalue weighted by molar-refractivity contribution is 5.87. The summed E-state index contributed by atoms with van der Waals surface area (Å²) in [6.45, 7) is 2.62. The summed E-state index contributed by atoms with van der Waals surface area (Å²) in [7, 11) is 0. The predicted molar refractivity (Wildman–Crippen MR) is 87.6 cm³/mol. The minimum absolute atomic E-state index is 0. The van der Waals surface area contributed by atoms with Gasteiger partial charge in [0.15, 0.2) is 0 Å². The Morgan fingerprint density at radius 1 is 1.52 bits per heavy atom. The number of nitrogens with zero attached hydrogens (tertiary/aromatic N) is 1. The van der Waals surface area contributed by atoms with E-state index in [2.05, 4.69) is 22.2 Å². The van der Waals surface area contributed by atoms with Crippen LogP contribution in [0.25, 0.3) is 11.0 Å². The molecule has 116 valence electrons. The van der Waals surface area contributed by atoms with Crippen LogP contribution in [0.2, 0.25) is 0 Å². The summed E-state index contributed by atoms with van der Waals surface area (Å²) in [4.78, 5) is 19.4. The van der Waals surface area contributed by atoms with E-state index in [-0.39, 0.29) is 24.4 Å². The normalized spacial score (nSPS) is 11.9. The molecule has 1 atom stereocenters. The molecule has 0 aliphatic rings. The standard InChI is InChI=1S/C15H22N4O.ClH/c1-2-3-5-12(9-16)19-14(20)8-11-10-18-15-13(11)6-4-7-17-15;/h4,6-7,10,12H,2-3,5,8-9,16H2,1H3,(H,17,18)(H,19,20);1H. The molecule has 0 fully saturated rings. The van der Waals surface area contributed by atoms with Crippen LogP contribution in [0.4, 0.5) is 0 Å². The maximum Gasteiger partial charge on any atom is 0.224 e. The molecule has 0 aliphatic carbocycles. The van der Waals surface area contributed by atoms with E-state index in [1.165, 1.54) is 0 Å². The van der Waals surface area contributed by atoms with Crippen LogP contribution >= 0.6 is 12.4 Å². The van der Waals surface area contributed by atoms with Crippen LogP contribution in [0.3, 0.4) is 0 Å². The quantitative estimate of drug-likeness (QED) is 0.732. The largest absolute Gasteiger partial charge is 0.352 e. The van der Waals surface area contributed by atoms with Crippen molar-refractivity contribution in [3.05, 3.63) is 30.1 Å². The number of unbranched alkanes of at least 4 members (excludes halogenated alkanes) is 1. The van der Waals surface area contributed by atoms with Gasteiger partial charge in [0.2, 0.25) is 5.91 Å². The topological polar surface area (TPSA) is 83.8 Å². The molecule has 4 N–H and O–H groups in total. The van der Waals surface area contributed by atoms with E-state index in [4.69, 9.17) is 5.73 Å². The number of nitrogens with one attached hydrogen (secondary N) is 2. The Labute approximate surface area is 131 Å². The number of carbonyl (C=O) groups excluding carboxylic acids is 1. The van der Waals surface area contributed by atoms with Gasteiger partial charge in [-0.05, 0) is 24.1 Å². The summed E-state index contributed by atoms with van der Waals surface area (Å²) in [6, 6.07) is 3.92. The maximum atomic E-state index is 12.1. The molecule has 6 heteroatoms. The zero-order valence-corrected chi connectivity index (χ0v) is 13.1. The summed E-state index contributed by atoms with van der Waals surface area (Å²) in [6.07, 6.45) is 7.07. The Balaban J connectivity index is 0.00000220. The summed E-state index contributed by atoms with van der Waals surface area (Å²) >= 11 is 0. The molecule has 0 aromatic carbocycles. The molecule has 2 heterocycles. The number of amides is 1. The van der Waals surface area contributed by atoms with Gasteiger partial charge in [-0.2, -0.15) is 0 Å². The Hall–Kier alpha value is -1.59. The first kappa shape index (κ1) is 17.5. The second-order valence-corrected chi connectivity index (χ2v) is 5.03. The van der Waals surface area contributed by atoms with Crippen molar-refractivity contribution in [2.45, 2.75) is 38.6 Å². The molecule has 5 nitrogen and oxygen atoms in total. The molecule has 1 unspecified atom stereocenters. The molecule has 0 spiro atoms. The molecule has 2 rings (SSSR count). The van der Waals surface area contributed by atoms with Crippen molar-refractivity contribution < 1.29 is 4.79 Å². The predicted octanol–water partition coefficient (Wildman–Crippen LogP) is 2.16. The number of pyridine rings is 1. The SMILES string of the molecule is CCCCC(CN)NC(=O)Cc1c[nH]c2ncccc12.Cl. The first-order chi connectivity index (χ1) is 9.74. The number of rotatable bonds is 7. The molecule has 21 heavy (non-hydrogen) atoms. The van der Waals surface area contributed by atoms with Crippen LogP contribution in [0, 0.1) is 0 Å². The maximum absolute atomic E-state index is 12.1. The lowest BCUT2D eigenvalue weighted by molar-refractivity contribution is -0.121. The second kappa shape index (κ2) is 8.64. The molecule has 0 radical (unpaired) electrons. The van der Waals surface area contributed by atoms with Crippen molar-refractivity contribution in [1.82, 2.24) is 15.3 Å². The fourth-order valence-corrected chi connectivity index (χ4v) is 2.31. The second-order valence-electron chi connectivity index (χ2n) is 5.03. The fourth-order valence-electron chi connectivity index (χ4n) is 2.31. The number of halogens is 1. The van der Waals surface area contributed by atoms with Crippen LogP contribution in [-0.4, -0.2) is 28.5 Å². The van der Waals surface area contributed by atoms with Gasteiger partial charge in [0.25, 0.3) is 0 Å². The first-order valence-electron chi connectivity index (χ1n) is 7.15. The molecular weight excluding hydrogens is 288 g/mol. The third-order valence-electron chi connectivity index (χ3n) is 3.44. The van der Waals surface area contributed by atoms with E-state index in [9.17, 15) is 4.79 Å². The lowest BCUT2D eigenvalue weighted by Gasteiger charge is -2.16. The van der Waals surface area contributed by atoms with Crippen LogP contribution in [0.15, 0.2) is 24.5 Å². The van der Waals surface area contributed by atoms with E-state index in [0.717, 1.165) is 35.9 Å². The number of fused-ring (bicyclic) bond motifs is 1. The molecular formula is C15H23ClN4O. The molecule has 2 aromatic rings. The molecule has 0 saturated carbocycles. The number of nitrogens with two attached hydrogens (primary N) is 1. The van der Waals surface area contributed by atoms with E-state index >= 15 is 0 Å². The van der Waals surface area contributed by atoms with Crippen LogP contribution in [0.5, 0.6) is 0 Å². The third kappa shape index (κ3) is 4.72. The van der Waals surface area contributed by atoms with Crippen molar-refractivity contribution in [3.63, 3.8) is 0 Å². The summed E-state index contributed by atoms with van der Waals surface area (Å²) in [5.74, 6) is 0.0151. The van der Waals surface area contributed by atoms with Gasteiger partial charge >= 0.3 is 0 Å². The highest BCUT2D eigenvalue weighted by Crippen LogP contribution is 2.16. The van der Waals surface area contributed by atoms with Gasteiger partial charge in [-0.25, -0.2) is 4.98 Å². The van der Waals surface area contributed by atoms with Crippen molar-refractivity contribution in [1.29, 1.82) is 0 Å². The van der Waals surface area contributed by atoms with E-state index < -0.39 is 0 Å². The van der Waals surface area contributed by atoms with Gasteiger partial charge in [-0.3, -0.25) is 4.79 Å². The summed E-state index contributed by atoms with van der Waals surface area (Å²) in [5.41, 5.74) is 7.48. The van der Waals surface area contributed by atoms with Crippen LogP contribution < -0.4 is 11.1 Å². The van der Waals surface area contributed by atoms with Crippen LogP contribution in [-0.2, 0) is 11.2 Å². The lowest BCUT2D eigenvalue weighted by atomic mass is 10.1. The molecule has 0 saturated heterocycles. The van der Waals surface area contributed by atoms with Gasteiger partial charge in [-0.15, -0.1) is 12.4 Å². The monoisotopic (exact) mass is 310 g/mol. The van der Waals surface area contributed by atoms with Gasteiger partial charge in [0, 0.05) is 30.4 Å². The Morgan fingerprint density at radius 3 is 3.05 bits per heavy atom. The van der Waals surface area contributed by atoms with E-state index in [0.29, 0.717) is 13.0 Å². The zero-order valence-electron chi connectivity index (χ0n) is 12.3. The summed E-state index contributed by atoms with van der Waals surface area (Å²) < 4.78 is 0. The number of hydrogen-bond acceptors (Lipinski definition) is 3. The highest BCUT2D eigenvalue weighted by atomic mass is 35.5. The third-order valence-corrected chi connectivity index (χ3v) is 3.44. The molecule has 2 aromatic heterocycles. The van der Waals surface area contributed by atoms with Crippen molar-refractivity contribution in [2.75, 3.05) is 6.54 Å². The zero-order chi connectivity index (χ0) is 14.4. The molecule has 1 amide bonds. The number of H-pyrrole nitrogens is 1. The number of aromatic nitrogens is 2. The van der Waals surface area contributed by atoms with Crippen molar-refractivity contribution >= 4 is 29.3 Å². The smallest absolute Gasteiger partial charge is 0.224 e. The minimum Gasteiger partial charge on any atom is -0.352 e. The number of aromatic amines is 1. The average Bonchev–Trinajstić information content (AvgIpc) is 2.87. The number of hydrogen-bond donors (Lipinski definition) is 3. The van der Waals surface area contributed by atoms with Crippen molar-refractivity contribution in [3.8, 4) is 0 Å². The molecule has 0 bridgehead atoms. The van der Waals surface area contributed by atoms with Crippen LogP contribution in [0.1, 0.15) is 31.7 Å². The number of carbonyl (C=O) groups is 1. The highest BCUT2D eigenvalue weighted by Gasteiger charge is 2.13. The van der Waals surface area contributed by atoms with Gasteiger partial charge < -0.3 is 16.0 Å². The van der Waals surface area contributed by atoms with E-state index in [1.54, 1.807) is 6.20 Å². The summed E-state index contributed by atoms with van der Waals surface area (Å²) in [5, 5.41) is 4.01. The lowest BCUT2D eigenvalue weighted by Crippen LogP contribution is -2.40. The van der Waals surface area contributed by atoms with Gasteiger partial charge in [0.05, 0.1) is 6.42 Å². The molecule has 0 aliphatic heterocycles. The Kier molecular flexibility index (Phi) is 7.19. The van der Waals surface area contributed by atoms with Crippen molar-refractivity contribution in [2.24, 2.45) is 5.73 Å². The average molecular weight is 311 g/mol. The minimum atomic E-state index is 0. The fraction of sp³-hybridized carbons (Fsp3) is 0.467. The Morgan fingerprint density at radius 2 is 2.33 bits per heavy atom. The van der Waals surface area contributed by atoms with Gasteiger partial charge in [-0.1, -0.05) is 19.8 Å². The Bertz CT molecular complexity index is 570. The van der Waals surface area contributed by atoms with E-state index in [1.807, 2.05) is 18.3 Å². The first-order valence-corrected chi connectivity index (χ1v) is 7.15.